The van der Waals surface area contributed by atoms with Crippen molar-refractivity contribution in [2.45, 2.75) is 6.61 Å². The molecular formula is C30H20FN7O. The van der Waals surface area contributed by atoms with Crippen LogP contribution >= 0.6 is 0 Å². The Morgan fingerprint density at radius 1 is 0.821 bits per heavy atom. The molecule has 8 nitrogen and oxygen atoms in total. The third-order valence-electron chi connectivity index (χ3n) is 6.46. The van der Waals surface area contributed by atoms with Gasteiger partial charge in [-0.2, -0.15) is 5.10 Å². The fourth-order valence-corrected chi connectivity index (χ4v) is 4.53. The molecule has 0 atom stereocenters. The SMILES string of the molecule is Fc1ccccc1-c1nccc2[nH]c(-c3n[nH]c4cnc(-c5cncc(OCc6ccccc6)c5)cc34)nc12. The predicted octanol–water partition coefficient (Wildman–Crippen LogP) is 6.34. The maximum Gasteiger partial charge on any atom is 0.159 e. The summed E-state index contributed by atoms with van der Waals surface area (Å²) in [6, 6.07) is 22.2. The average Bonchev–Trinajstić information content (AvgIpc) is 3.61. The maximum absolute atomic E-state index is 14.5. The molecule has 0 saturated heterocycles. The van der Waals surface area contributed by atoms with E-state index in [4.69, 9.17) is 9.72 Å². The summed E-state index contributed by atoms with van der Waals surface area (Å²) in [5.74, 6) is 0.833. The first kappa shape index (κ1) is 22.7. The van der Waals surface area contributed by atoms with Crippen LogP contribution in [0.3, 0.4) is 0 Å². The molecule has 39 heavy (non-hydrogen) atoms. The number of halogens is 1. The van der Waals surface area contributed by atoms with Crippen molar-refractivity contribution in [3.05, 3.63) is 109 Å². The van der Waals surface area contributed by atoms with Crippen LogP contribution in [-0.2, 0) is 6.61 Å². The number of nitrogens with zero attached hydrogens (tertiary/aromatic N) is 5. The third-order valence-corrected chi connectivity index (χ3v) is 6.46. The van der Waals surface area contributed by atoms with Crippen molar-refractivity contribution >= 4 is 21.9 Å². The van der Waals surface area contributed by atoms with E-state index >= 15 is 0 Å². The van der Waals surface area contributed by atoms with Crippen molar-refractivity contribution in [3.63, 3.8) is 0 Å². The van der Waals surface area contributed by atoms with Gasteiger partial charge in [-0.05, 0) is 35.9 Å². The highest BCUT2D eigenvalue weighted by atomic mass is 19.1. The lowest BCUT2D eigenvalue weighted by Gasteiger charge is -2.08. The number of H-pyrrole nitrogens is 2. The van der Waals surface area contributed by atoms with Gasteiger partial charge in [0, 0.05) is 28.9 Å². The van der Waals surface area contributed by atoms with Gasteiger partial charge in [0.15, 0.2) is 5.82 Å². The number of hydrogen-bond acceptors (Lipinski definition) is 6. The lowest BCUT2D eigenvalue weighted by Crippen LogP contribution is -1.96. The minimum Gasteiger partial charge on any atom is -0.487 e. The van der Waals surface area contributed by atoms with Gasteiger partial charge in [0.25, 0.3) is 0 Å². The first-order chi connectivity index (χ1) is 19.2. The van der Waals surface area contributed by atoms with E-state index < -0.39 is 0 Å². The molecule has 0 saturated carbocycles. The van der Waals surface area contributed by atoms with E-state index in [2.05, 4.69) is 30.1 Å². The van der Waals surface area contributed by atoms with Gasteiger partial charge in [-0.1, -0.05) is 42.5 Å². The van der Waals surface area contributed by atoms with Crippen molar-refractivity contribution in [1.82, 2.24) is 35.1 Å². The van der Waals surface area contributed by atoms with Gasteiger partial charge < -0.3 is 9.72 Å². The number of benzene rings is 2. The van der Waals surface area contributed by atoms with Gasteiger partial charge in [0.1, 0.15) is 35.1 Å². The molecule has 188 valence electrons. The van der Waals surface area contributed by atoms with Gasteiger partial charge >= 0.3 is 0 Å². The van der Waals surface area contributed by atoms with E-state index in [1.807, 2.05) is 48.5 Å². The van der Waals surface area contributed by atoms with Crippen LogP contribution in [0.4, 0.5) is 4.39 Å². The summed E-state index contributed by atoms with van der Waals surface area (Å²) in [7, 11) is 0. The Morgan fingerprint density at radius 3 is 2.59 bits per heavy atom. The Bertz CT molecular complexity index is 1950. The molecule has 0 aliphatic carbocycles. The van der Waals surface area contributed by atoms with Crippen molar-refractivity contribution in [1.29, 1.82) is 0 Å². The molecule has 0 unspecified atom stereocenters. The standard InChI is InChI=1S/C30H20FN7O/c31-23-9-5-4-8-21(23)27-29-24(10-11-33-27)35-30(36-29)28-22-13-25(34-16-26(22)37-38-28)19-12-20(15-32-14-19)39-17-18-6-2-1-3-7-18/h1-16H,17H2,(H,35,36)(H,37,38). The normalized spacial score (nSPS) is 11.3. The number of imidazole rings is 1. The molecule has 0 fully saturated rings. The smallest absolute Gasteiger partial charge is 0.159 e. The molecule has 0 aliphatic heterocycles. The Morgan fingerprint density at radius 2 is 1.69 bits per heavy atom. The van der Waals surface area contributed by atoms with Crippen LogP contribution in [-0.4, -0.2) is 35.1 Å². The van der Waals surface area contributed by atoms with Crippen LogP contribution in [0.1, 0.15) is 5.56 Å². The summed E-state index contributed by atoms with van der Waals surface area (Å²) in [6.07, 6.45) is 6.80. The number of ether oxygens (including phenoxy) is 1. The Hall–Kier alpha value is -5.44. The van der Waals surface area contributed by atoms with Crippen molar-refractivity contribution < 1.29 is 9.13 Å². The molecular weight excluding hydrogens is 493 g/mol. The number of rotatable bonds is 6. The van der Waals surface area contributed by atoms with E-state index in [1.54, 1.807) is 43.0 Å². The number of nitrogens with one attached hydrogen (secondary N) is 2. The zero-order valence-electron chi connectivity index (χ0n) is 20.5. The fourth-order valence-electron chi connectivity index (χ4n) is 4.53. The summed E-state index contributed by atoms with van der Waals surface area (Å²) in [4.78, 5) is 21.4. The molecule has 9 heteroatoms. The maximum atomic E-state index is 14.5. The second-order valence-electron chi connectivity index (χ2n) is 8.99. The highest BCUT2D eigenvalue weighted by Crippen LogP contribution is 2.32. The Balaban J connectivity index is 1.25. The van der Waals surface area contributed by atoms with E-state index in [0.29, 0.717) is 46.3 Å². The molecule has 0 amide bonds. The molecule has 0 radical (unpaired) electrons. The zero-order valence-corrected chi connectivity index (χ0v) is 20.5. The molecule has 5 heterocycles. The summed E-state index contributed by atoms with van der Waals surface area (Å²) >= 11 is 0. The minimum atomic E-state index is -0.355. The topological polar surface area (TPSA) is 105 Å². The quantitative estimate of drug-likeness (QED) is 0.269. The minimum absolute atomic E-state index is 0.355. The lowest BCUT2D eigenvalue weighted by atomic mass is 10.1. The molecule has 2 N–H and O–H groups in total. The molecule has 0 spiro atoms. The number of hydrogen-bond donors (Lipinski definition) is 2. The first-order valence-corrected chi connectivity index (χ1v) is 12.3. The molecule has 0 aliphatic rings. The summed E-state index contributed by atoms with van der Waals surface area (Å²) in [5.41, 5.74) is 6.13. The highest BCUT2D eigenvalue weighted by Gasteiger charge is 2.18. The van der Waals surface area contributed by atoms with Gasteiger partial charge in [-0.15, -0.1) is 0 Å². The molecule has 5 aromatic heterocycles. The first-order valence-electron chi connectivity index (χ1n) is 12.3. The summed E-state index contributed by atoms with van der Waals surface area (Å²) in [5, 5.41) is 8.36. The van der Waals surface area contributed by atoms with E-state index in [1.165, 1.54) is 6.07 Å². The number of aromatic amines is 2. The fraction of sp³-hybridized carbons (Fsp3) is 0.0333. The van der Waals surface area contributed by atoms with Crippen molar-refractivity contribution in [2.75, 3.05) is 0 Å². The molecule has 7 aromatic rings. The van der Waals surface area contributed by atoms with Gasteiger partial charge in [-0.3, -0.25) is 20.1 Å². The van der Waals surface area contributed by atoms with Crippen LogP contribution in [0.15, 0.2) is 97.6 Å². The second kappa shape index (κ2) is 9.46. The number of pyridine rings is 3. The molecule has 2 aromatic carbocycles. The van der Waals surface area contributed by atoms with Crippen LogP contribution in [0.25, 0.3) is 56.0 Å². The van der Waals surface area contributed by atoms with Gasteiger partial charge in [0.2, 0.25) is 0 Å². The summed E-state index contributed by atoms with van der Waals surface area (Å²) in [6.45, 7) is 0.445. The highest BCUT2D eigenvalue weighted by molar-refractivity contribution is 5.96. The van der Waals surface area contributed by atoms with Gasteiger partial charge in [-0.25, -0.2) is 9.37 Å². The van der Waals surface area contributed by atoms with Crippen LogP contribution in [0.5, 0.6) is 5.75 Å². The van der Waals surface area contributed by atoms with E-state index in [0.717, 1.165) is 27.5 Å². The van der Waals surface area contributed by atoms with Crippen LogP contribution in [0.2, 0.25) is 0 Å². The number of fused-ring (bicyclic) bond motifs is 2. The summed E-state index contributed by atoms with van der Waals surface area (Å²) < 4.78 is 20.5. The predicted molar refractivity (Wildman–Crippen MR) is 146 cm³/mol. The van der Waals surface area contributed by atoms with Crippen molar-refractivity contribution in [3.8, 4) is 39.8 Å². The Kier molecular flexibility index (Phi) is 5.51. The number of aromatic nitrogens is 7. The average molecular weight is 514 g/mol. The van der Waals surface area contributed by atoms with Gasteiger partial charge in [0.05, 0.1) is 29.1 Å². The second-order valence-corrected chi connectivity index (χ2v) is 8.99. The van der Waals surface area contributed by atoms with E-state index in [-0.39, 0.29) is 5.82 Å². The third kappa shape index (κ3) is 4.25. The molecule has 7 rings (SSSR count). The largest absolute Gasteiger partial charge is 0.487 e. The lowest BCUT2D eigenvalue weighted by molar-refractivity contribution is 0.305. The monoisotopic (exact) mass is 513 g/mol. The van der Waals surface area contributed by atoms with Crippen LogP contribution in [0, 0.1) is 5.82 Å². The zero-order chi connectivity index (χ0) is 26.2. The van der Waals surface area contributed by atoms with E-state index in [9.17, 15) is 4.39 Å². The molecule has 0 bridgehead atoms. The van der Waals surface area contributed by atoms with Crippen molar-refractivity contribution in [2.24, 2.45) is 0 Å². The Labute approximate surface area is 221 Å². The van der Waals surface area contributed by atoms with Crippen LogP contribution < -0.4 is 4.74 Å².